The van der Waals surface area contributed by atoms with Crippen molar-refractivity contribution in [1.29, 1.82) is 0 Å². The maximum Gasteiger partial charge on any atom is 0.364 e. The Labute approximate surface area is 555 Å². The predicted octanol–water partition coefficient (Wildman–Crippen LogP) is 7.01. The molecule has 0 aromatic carbocycles. The van der Waals surface area contributed by atoms with Crippen molar-refractivity contribution in [2.75, 3.05) is 26.4 Å². The SMILES string of the molecule is CCCCC/C=C\C/C=C\CCCCCCCCCC(=O)NC(COC1OC(CO)C(OC2OC(CO)C(O)C(OC3(C(=O)O)CC(O)C(NC(C)=O)C(C(O)C(O)CO)O3)C2O)C(O)C1O)C(O)/C=C/CCCCCCCCCCCCCCCCCCCCCC. The van der Waals surface area contributed by atoms with E-state index >= 15 is 0 Å². The van der Waals surface area contributed by atoms with Crippen LogP contribution in [-0.2, 0) is 42.8 Å². The lowest BCUT2D eigenvalue weighted by molar-refractivity contribution is -0.386. The molecule has 3 heterocycles. The Morgan fingerprint density at radius 1 is 0.570 bits per heavy atom. The molecular formula is C70H126N2O21. The minimum Gasteiger partial charge on any atom is -0.477 e. The second kappa shape index (κ2) is 50.3. The molecule has 0 aromatic heterocycles. The second-order valence-electron chi connectivity index (χ2n) is 26.1. The molecule has 0 aliphatic carbocycles. The minimum atomic E-state index is -3.08. The van der Waals surface area contributed by atoms with Crippen molar-refractivity contribution in [1.82, 2.24) is 10.6 Å². The molecule has 0 bridgehead atoms. The zero-order valence-corrected chi connectivity index (χ0v) is 56.6. The molecule has 18 atom stereocenters. The highest BCUT2D eigenvalue weighted by Gasteiger charge is 2.60. The molecule has 93 heavy (non-hydrogen) atoms. The molecule has 2 amide bonds. The Morgan fingerprint density at radius 2 is 1.04 bits per heavy atom. The number of hydrogen-bond donors (Lipinski definition) is 14. The van der Waals surface area contributed by atoms with Gasteiger partial charge in [-0.2, -0.15) is 0 Å². The van der Waals surface area contributed by atoms with Gasteiger partial charge in [0.15, 0.2) is 12.6 Å². The predicted molar refractivity (Wildman–Crippen MR) is 352 cm³/mol. The van der Waals surface area contributed by atoms with Crippen molar-refractivity contribution >= 4 is 17.8 Å². The van der Waals surface area contributed by atoms with E-state index in [0.29, 0.717) is 12.8 Å². The lowest BCUT2D eigenvalue weighted by Gasteiger charge is -2.50. The number of allylic oxidation sites excluding steroid dienone is 5. The molecule has 542 valence electrons. The molecule has 23 heteroatoms. The summed E-state index contributed by atoms with van der Waals surface area (Å²) in [5, 5.41) is 136. The van der Waals surface area contributed by atoms with Gasteiger partial charge in [-0.3, -0.25) is 9.59 Å². The van der Waals surface area contributed by atoms with Crippen LogP contribution in [0.4, 0.5) is 0 Å². The molecule has 0 saturated carbocycles. The third-order valence-corrected chi connectivity index (χ3v) is 18.1. The van der Waals surface area contributed by atoms with E-state index in [4.69, 9.17) is 28.4 Å². The molecule has 3 fully saturated rings. The maximum atomic E-state index is 13.5. The number of rotatable bonds is 54. The summed E-state index contributed by atoms with van der Waals surface area (Å²) in [6, 6.07) is -2.63. The highest BCUT2D eigenvalue weighted by atomic mass is 16.8. The summed E-state index contributed by atoms with van der Waals surface area (Å²) in [4.78, 5) is 38.6. The van der Waals surface area contributed by atoms with Gasteiger partial charge >= 0.3 is 5.97 Å². The van der Waals surface area contributed by atoms with Gasteiger partial charge in [0.1, 0.15) is 67.1 Å². The van der Waals surface area contributed by atoms with Gasteiger partial charge in [-0.05, 0) is 51.4 Å². The van der Waals surface area contributed by atoms with Gasteiger partial charge in [-0.15, -0.1) is 0 Å². The number of aliphatic hydroxyl groups excluding tert-OH is 11. The van der Waals surface area contributed by atoms with E-state index < -0.39 is 155 Å². The van der Waals surface area contributed by atoms with Crippen LogP contribution < -0.4 is 10.6 Å². The van der Waals surface area contributed by atoms with E-state index in [2.05, 4.69) is 48.8 Å². The number of carbonyl (C=O) groups is 3. The minimum absolute atomic E-state index is 0.190. The number of unbranched alkanes of at least 4 members (excludes halogenated alkanes) is 30. The third-order valence-electron chi connectivity index (χ3n) is 18.1. The Bertz CT molecular complexity index is 2020. The molecule has 0 spiro atoms. The van der Waals surface area contributed by atoms with E-state index in [9.17, 15) is 75.7 Å². The van der Waals surface area contributed by atoms with Crippen molar-refractivity contribution in [3.63, 3.8) is 0 Å². The van der Waals surface area contributed by atoms with Crippen LogP contribution in [0.2, 0.25) is 0 Å². The number of carboxylic acid groups (broad SMARTS) is 1. The van der Waals surface area contributed by atoms with Gasteiger partial charge < -0.3 is 100 Å². The van der Waals surface area contributed by atoms with Crippen LogP contribution in [0.3, 0.4) is 0 Å². The van der Waals surface area contributed by atoms with Crippen LogP contribution in [0.25, 0.3) is 0 Å². The van der Waals surface area contributed by atoms with E-state index in [1.807, 2.05) is 6.08 Å². The lowest BCUT2D eigenvalue weighted by Crippen LogP contribution is -2.70. The first-order valence-electron chi connectivity index (χ1n) is 35.9. The first kappa shape index (κ1) is 84.2. The smallest absolute Gasteiger partial charge is 0.364 e. The average Bonchev–Trinajstić information content (AvgIpc) is 0.780. The normalized spacial score (nSPS) is 28.3. The van der Waals surface area contributed by atoms with Gasteiger partial charge in [-0.1, -0.05) is 217 Å². The number of carboxylic acids is 1. The molecule has 18 unspecified atom stereocenters. The quantitative estimate of drug-likeness (QED) is 0.0215. The fourth-order valence-electron chi connectivity index (χ4n) is 12.3. The molecule has 0 aromatic rings. The number of aliphatic hydroxyl groups is 11. The van der Waals surface area contributed by atoms with Crippen molar-refractivity contribution in [3.8, 4) is 0 Å². The third kappa shape index (κ3) is 32.5. The first-order chi connectivity index (χ1) is 44.9. The standard InChI is InChI=1S/C70H126N2O21/c1-4-6-8-10-12-14-16-18-20-22-23-24-25-26-28-29-31-33-35-37-39-41-43-52(77)51(72-57(80)44-42-40-38-36-34-32-30-27-21-19-17-15-13-11-9-7-5-2)49-88-67-62(84)61(83)64(56(48-75)90-67)91-68-63(85)66(60(82)55(47-74)89-68)93-70(69(86)87)45-53(78)58(71-50(3)76)65(92-70)59(81)54(79)46-73/h13,15,19,21,41,43,51-56,58-68,73-75,77-79,81-85H,4-12,14,16-18,20,22-40,42,44-49H2,1-3H3,(H,71,76)(H,72,80)(H,86,87)/b15-13-,21-19-,43-41+. The average molecular weight is 1330 g/mol. The number of amides is 2. The Balaban J connectivity index is 1.59. The molecule has 23 nitrogen and oxygen atoms in total. The van der Waals surface area contributed by atoms with Crippen LogP contribution in [0.1, 0.15) is 252 Å². The van der Waals surface area contributed by atoms with Crippen LogP contribution in [0, 0.1) is 0 Å². The summed E-state index contributed by atoms with van der Waals surface area (Å²) in [7, 11) is 0. The molecule has 14 N–H and O–H groups in total. The highest BCUT2D eigenvalue weighted by molar-refractivity contribution is 5.77. The summed E-state index contributed by atoms with van der Waals surface area (Å²) in [6.45, 7) is 2.11. The molecular weight excluding hydrogens is 1200 g/mol. The molecule has 3 rings (SSSR count). The topological polar surface area (TPSA) is 373 Å². The molecule has 3 aliphatic heterocycles. The summed E-state index contributed by atoms with van der Waals surface area (Å²) >= 11 is 0. The van der Waals surface area contributed by atoms with Gasteiger partial charge in [-0.25, -0.2) is 4.79 Å². The monoisotopic (exact) mass is 1330 g/mol. The molecule has 3 aliphatic rings. The van der Waals surface area contributed by atoms with E-state index in [0.717, 1.165) is 84.0 Å². The van der Waals surface area contributed by atoms with E-state index in [1.165, 1.54) is 128 Å². The van der Waals surface area contributed by atoms with Crippen molar-refractivity contribution in [2.45, 2.75) is 362 Å². The van der Waals surface area contributed by atoms with Crippen molar-refractivity contribution in [2.24, 2.45) is 0 Å². The second-order valence-corrected chi connectivity index (χ2v) is 26.1. The highest BCUT2D eigenvalue weighted by Crippen LogP contribution is 2.39. The molecule has 0 radical (unpaired) electrons. The number of nitrogens with one attached hydrogen (secondary N) is 2. The maximum absolute atomic E-state index is 13.5. The zero-order chi connectivity index (χ0) is 68.2. The zero-order valence-electron chi connectivity index (χ0n) is 56.6. The van der Waals surface area contributed by atoms with Crippen LogP contribution >= 0.6 is 0 Å². The summed E-state index contributed by atoms with van der Waals surface area (Å²) in [5.74, 6) is -6.15. The van der Waals surface area contributed by atoms with Gasteiger partial charge in [0, 0.05) is 19.8 Å². The first-order valence-corrected chi connectivity index (χ1v) is 35.9. The summed E-state index contributed by atoms with van der Waals surface area (Å²) in [5.41, 5.74) is 0. The fourth-order valence-corrected chi connectivity index (χ4v) is 12.3. The summed E-state index contributed by atoms with van der Waals surface area (Å²) < 4.78 is 34.8. The number of hydrogen-bond acceptors (Lipinski definition) is 20. The van der Waals surface area contributed by atoms with E-state index in [1.54, 1.807) is 6.08 Å². The largest absolute Gasteiger partial charge is 0.477 e. The Kier molecular flexibility index (Phi) is 45.5. The van der Waals surface area contributed by atoms with Crippen LogP contribution in [0.5, 0.6) is 0 Å². The van der Waals surface area contributed by atoms with E-state index in [-0.39, 0.29) is 12.3 Å². The fraction of sp³-hybridized carbons (Fsp3) is 0.871. The van der Waals surface area contributed by atoms with Gasteiger partial charge in [0.25, 0.3) is 5.79 Å². The number of carbonyl (C=O) groups excluding carboxylic acids is 2. The van der Waals surface area contributed by atoms with Crippen LogP contribution in [-0.4, -0.2) is 215 Å². The van der Waals surface area contributed by atoms with Crippen molar-refractivity contribution < 1.29 is 104 Å². The van der Waals surface area contributed by atoms with Gasteiger partial charge in [0.2, 0.25) is 11.8 Å². The number of ether oxygens (including phenoxy) is 6. The molecule has 3 saturated heterocycles. The van der Waals surface area contributed by atoms with Crippen LogP contribution in [0.15, 0.2) is 36.5 Å². The summed E-state index contributed by atoms with van der Waals surface area (Å²) in [6.07, 6.45) is 23.2. The lowest BCUT2D eigenvalue weighted by atomic mass is 9.88. The number of aliphatic carboxylic acids is 1. The van der Waals surface area contributed by atoms with Gasteiger partial charge in [0.05, 0.1) is 50.7 Å². The Hall–Kier alpha value is -3.05. The van der Waals surface area contributed by atoms with Crippen molar-refractivity contribution in [3.05, 3.63) is 36.5 Å². The Morgan fingerprint density at radius 3 is 1.54 bits per heavy atom.